The predicted molar refractivity (Wildman–Crippen MR) is 69.2 cm³/mol. The maximum absolute atomic E-state index is 11.9. The maximum atomic E-state index is 11.9. The molecule has 0 bridgehead atoms. The Kier molecular flexibility index (Phi) is 5.93. The molecular weight excluding hydrogens is 246 g/mol. The van der Waals surface area contributed by atoms with Gasteiger partial charge in [0.25, 0.3) is 0 Å². The number of amides is 1. The molecule has 19 heavy (non-hydrogen) atoms. The molecule has 0 aromatic carbocycles. The van der Waals surface area contributed by atoms with E-state index in [9.17, 15) is 9.59 Å². The number of ketones is 1. The average molecular weight is 267 g/mol. The SMILES string of the molecule is CC(=O)C(NC(=O)CN1CCOC(C#N)C1)C(C)C. The van der Waals surface area contributed by atoms with Gasteiger partial charge in [0.2, 0.25) is 5.91 Å². The molecular formula is C13H21N3O3. The lowest BCUT2D eigenvalue weighted by molar-refractivity contribution is -0.129. The number of nitrogens with zero attached hydrogens (tertiary/aromatic N) is 2. The van der Waals surface area contributed by atoms with E-state index in [1.165, 1.54) is 6.92 Å². The molecule has 1 aliphatic rings. The second-order valence-corrected chi connectivity index (χ2v) is 5.12. The van der Waals surface area contributed by atoms with Crippen LogP contribution >= 0.6 is 0 Å². The molecule has 106 valence electrons. The summed E-state index contributed by atoms with van der Waals surface area (Å²) in [5.74, 6) is -0.161. The van der Waals surface area contributed by atoms with E-state index in [1.807, 2.05) is 24.8 Å². The minimum Gasteiger partial charge on any atom is -0.361 e. The Morgan fingerprint density at radius 1 is 1.53 bits per heavy atom. The molecule has 0 spiro atoms. The second-order valence-electron chi connectivity index (χ2n) is 5.12. The zero-order chi connectivity index (χ0) is 14.4. The van der Waals surface area contributed by atoms with Crippen molar-refractivity contribution in [2.24, 2.45) is 5.92 Å². The Hall–Kier alpha value is -1.45. The lowest BCUT2D eigenvalue weighted by atomic mass is 10.0. The van der Waals surface area contributed by atoms with Gasteiger partial charge in [0.15, 0.2) is 11.9 Å². The third-order valence-corrected chi connectivity index (χ3v) is 3.08. The quantitative estimate of drug-likeness (QED) is 0.754. The average Bonchev–Trinajstić information content (AvgIpc) is 2.35. The van der Waals surface area contributed by atoms with E-state index in [0.29, 0.717) is 19.7 Å². The standard InChI is InChI=1S/C13H21N3O3/c1-9(2)13(10(3)17)15-12(18)8-16-4-5-19-11(6-14)7-16/h9,11,13H,4-5,7-8H2,1-3H3,(H,15,18). The Balaban J connectivity index is 2.46. The van der Waals surface area contributed by atoms with Gasteiger partial charge in [-0.2, -0.15) is 5.26 Å². The molecule has 0 aliphatic carbocycles. The molecule has 0 aromatic rings. The van der Waals surface area contributed by atoms with Gasteiger partial charge in [-0.1, -0.05) is 13.8 Å². The van der Waals surface area contributed by atoms with Gasteiger partial charge >= 0.3 is 0 Å². The monoisotopic (exact) mass is 267 g/mol. The molecule has 0 radical (unpaired) electrons. The van der Waals surface area contributed by atoms with E-state index in [1.54, 1.807) is 0 Å². The zero-order valence-corrected chi connectivity index (χ0v) is 11.7. The molecule has 1 rings (SSSR count). The number of carbonyl (C=O) groups excluding carboxylic acids is 2. The first-order chi connectivity index (χ1) is 8.93. The van der Waals surface area contributed by atoms with Crippen molar-refractivity contribution >= 4 is 11.7 Å². The summed E-state index contributed by atoms with van der Waals surface area (Å²) in [4.78, 5) is 25.2. The van der Waals surface area contributed by atoms with Crippen LogP contribution in [0, 0.1) is 17.2 Å². The molecule has 2 unspecified atom stereocenters. The van der Waals surface area contributed by atoms with Crippen molar-refractivity contribution in [2.45, 2.75) is 32.9 Å². The third-order valence-electron chi connectivity index (χ3n) is 3.08. The molecule has 0 aromatic heterocycles. The largest absolute Gasteiger partial charge is 0.361 e. The second kappa shape index (κ2) is 7.22. The predicted octanol–water partition coefficient (Wildman–Crippen LogP) is -0.0594. The van der Waals surface area contributed by atoms with Crippen LogP contribution in [0.25, 0.3) is 0 Å². The molecule has 1 aliphatic heterocycles. The van der Waals surface area contributed by atoms with Crippen LogP contribution in [0.1, 0.15) is 20.8 Å². The number of hydrogen-bond donors (Lipinski definition) is 1. The summed E-state index contributed by atoms with van der Waals surface area (Å²) in [6, 6.07) is 1.59. The fourth-order valence-corrected chi connectivity index (χ4v) is 2.08. The number of Topliss-reactive ketones (excluding diaryl/α,β-unsaturated/α-hetero) is 1. The highest BCUT2D eigenvalue weighted by atomic mass is 16.5. The minimum atomic E-state index is -0.477. The Labute approximate surface area is 113 Å². The van der Waals surface area contributed by atoms with Crippen molar-refractivity contribution in [1.29, 1.82) is 5.26 Å². The van der Waals surface area contributed by atoms with Crippen LogP contribution in [0.4, 0.5) is 0 Å². The first kappa shape index (κ1) is 15.6. The zero-order valence-electron chi connectivity index (χ0n) is 11.7. The summed E-state index contributed by atoms with van der Waals surface area (Å²) in [5.41, 5.74) is 0. The molecule has 2 atom stereocenters. The first-order valence-corrected chi connectivity index (χ1v) is 6.47. The van der Waals surface area contributed by atoms with Crippen molar-refractivity contribution in [1.82, 2.24) is 10.2 Å². The lowest BCUT2D eigenvalue weighted by Gasteiger charge is -2.29. The van der Waals surface area contributed by atoms with Gasteiger partial charge in [-0.05, 0) is 12.8 Å². The molecule has 1 N–H and O–H groups in total. The summed E-state index contributed by atoms with van der Waals surface area (Å²) in [6.45, 7) is 6.96. The fourth-order valence-electron chi connectivity index (χ4n) is 2.08. The van der Waals surface area contributed by atoms with E-state index < -0.39 is 12.1 Å². The number of rotatable bonds is 5. The van der Waals surface area contributed by atoms with Crippen LogP contribution in [0.2, 0.25) is 0 Å². The van der Waals surface area contributed by atoms with Crippen LogP contribution in [0.3, 0.4) is 0 Å². The summed E-state index contributed by atoms with van der Waals surface area (Å²) in [7, 11) is 0. The highest BCUT2D eigenvalue weighted by Gasteiger charge is 2.24. The van der Waals surface area contributed by atoms with Crippen LogP contribution in [-0.4, -0.2) is 55.0 Å². The van der Waals surface area contributed by atoms with Gasteiger partial charge in [-0.3, -0.25) is 14.5 Å². The van der Waals surface area contributed by atoms with Crippen molar-refractivity contribution in [3.63, 3.8) is 0 Å². The van der Waals surface area contributed by atoms with Gasteiger partial charge in [0.05, 0.1) is 25.3 Å². The molecule has 1 heterocycles. The minimum absolute atomic E-state index is 0.0415. The Bertz CT molecular complexity index is 376. The number of hydrogen-bond acceptors (Lipinski definition) is 5. The smallest absolute Gasteiger partial charge is 0.234 e. The van der Waals surface area contributed by atoms with Crippen LogP contribution in [0.5, 0.6) is 0 Å². The lowest BCUT2D eigenvalue weighted by Crippen LogP contribution is -2.50. The number of nitriles is 1. The van der Waals surface area contributed by atoms with Crippen molar-refractivity contribution in [3.8, 4) is 6.07 Å². The van der Waals surface area contributed by atoms with Gasteiger partial charge in [0, 0.05) is 13.1 Å². The molecule has 1 amide bonds. The number of morpholine rings is 1. The Morgan fingerprint density at radius 2 is 2.21 bits per heavy atom. The number of ether oxygens (including phenoxy) is 1. The van der Waals surface area contributed by atoms with E-state index in [-0.39, 0.29) is 24.2 Å². The van der Waals surface area contributed by atoms with Crippen LogP contribution in [0.15, 0.2) is 0 Å². The molecule has 1 saturated heterocycles. The van der Waals surface area contributed by atoms with Crippen LogP contribution < -0.4 is 5.32 Å². The van der Waals surface area contributed by atoms with E-state index in [2.05, 4.69) is 5.32 Å². The summed E-state index contributed by atoms with van der Waals surface area (Å²) in [5, 5.41) is 11.5. The van der Waals surface area contributed by atoms with Gasteiger partial charge in [-0.15, -0.1) is 0 Å². The van der Waals surface area contributed by atoms with Gasteiger partial charge < -0.3 is 10.1 Å². The topological polar surface area (TPSA) is 82.4 Å². The summed E-state index contributed by atoms with van der Waals surface area (Å²) < 4.78 is 5.21. The van der Waals surface area contributed by atoms with Crippen LogP contribution in [-0.2, 0) is 14.3 Å². The molecule has 6 nitrogen and oxygen atoms in total. The number of nitrogens with one attached hydrogen (secondary N) is 1. The third kappa shape index (κ3) is 4.97. The molecule has 6 heteroatoms. The highest BCUT2D eigenvalue weighted by molar-refractivity contribution is 5.88. The van der Waals surface area contributed by atoms with Crippen molar-refractivity contribution < 1.29 is 14.3 Å². The summed E-state index contributed by atoms with van der Waals surface area (Å²) in [6.07, 6.45) is -0.477. The summed E-state index contributed by atoms with van der Waals surface area (Å²) >= 11 is 0. The number of carbonyl (C=O) groups is 2. The van der Waals surface area contributed by atoms with E-state index >= 15 is 0 Å². The fraction of sp³-hybridized carbons (Fsp3) is 0.769. The van der Waals surface area contributed by atoms with Gasteiger partial charge in [-0.25, -0.2) is 0 Å². The normalized spacial score (nSPS) is 21.7. The molecule has 1 fully saturated rings. The highest BCUT2D eigenvalue weighted by Crippen LogP contribution is 2.05. The van der Waals surface area contributed by atoms with Crippen molar-refractivity contribution in [3.05, 3.63) is 0 Å². The first-order valence-electron chi connectivity index (χ1n) is 6.47. The maximum Gasteiger partial charge on any atom is 0.234 e. The Morgan fingerprint density at radius 3 is 2.74 bits per heavy atom. The molecule has 0 saturated carbocycles. The van der Waals surface area contributed by atoms with E-state index in [0.717, 1.165) is 0 Å². The van der Waals surface area contributed by atoms with Crippen molar-refractivity contribution in [2.75, 3.05) is 26.2 Å². The van der Waals surface area contributed by atoms with Gasteiger partial charge in [0.1, 0.15) is 0 Å². The van der Waals surface area contributed by atoms with E-state index in [4.69, 9.17) is 10.00 Å².